The van der Waals surface area contributed by atoms with Crippen molar-refractivity contribution in [2.24, 2.45) is 4.99 Å². The van der Waals surface area contributed by atoms with Crippen molar-refractivity contribution in [3.05, 3.63) is 41.7 Å². The number of amidine groups is 1. The summed E-state index contributed by atoms with van der Waals surface area (Å²) in [6.45, 7) is 3.53. The first-order valence-corrected chi connectivity index (χ1v) is 9.75. The van der Waals surface area contributed by atoms with Gasteiger partial charge in [0.15, 0.2) is 5.17 Å². The molecule has 1 saturated heterocycles. The highest BCUT2D eigenvalue weighted by atomic mass is 32.2. The lowest BCUT2D eigenvalue weighted by Crippen LogP contribution is -2.19. The third-order valence-electron chi connectivity index (χ3n) is 3.17. The Bertz CT molecular complexity index is 935. The number of anilines is 1. The molecule has 1 aliphatic rings. The van der Waals surface area contributed by atoms with Crippen LogP contribution < -0.4 is 10.0 Å². The smallest absolute Gasteiger partial charge is 0.264 e. The van der Waals surface area contributed by atoms with E-state index in [2.05, 4.69) is 25.0 Å². The van der Waals surface area contributed by atoms with E-state index in [1.165, 1.54) is 23.9 Å². The quantitative estimate of drug-likeness (QED) is 0.839. The Morgan fingerprint density at radius 1 is 1.16 bits per heavy atom. The van der Waals surface area contributed by atoms with Crippen molar-refractivity contribution in [1.82, 2.24) is 15.3 Å². The molecule has 1 amide bonds. The van der Waals surface area contributed by atoms with E-state index in [0.717, 1.165) is 0 Å². The zero-order valence-electron chi connectivity index (χ0n) is 13.5. The number of aryl methyl sites for hydroxylation is 2. The fourth-order valence-electron chi connectivity index (χ4n) is 2.15. The maximum Gasteiger partial charge on any atom is 0.264 e. The summed E-state index contributed by atoms with van der Waals surface area (Å²) in [6.07, 6.45) is 0. The highest BCUT2D eigenvalue weighted by molar-refractivity contribution is 8.15. The zero-order valence-corrected chi connectivity index (χ0v) is 15.1. The highest BCUT2D eigenvalue weighted by Crippen LogP contribution is 2.21. The van der Waals surface area contributed by atoms with Crippen LogP contribution in [0.2, 0.25) is 0 Å². The number of aromatic nitrogens is 2. The molecule has 3 rings (SSSR count). The molecule has 2 N–H and O–H groups in total. The van der Waals surface area contributed by atoms with Crippen LogP contribution in [0.15, 0.2) is 40.2 Å². The lowest BCUT2D eigenvalue weighted by atomic mass is 10.3. The number of sulfonamides is 1. The van der Waals surface area contributed by atoms with Gasteiger partial charge >= 0.3 is 0 Å². The third kappa shape index (κ3) is 4.34. The molecule has 1 aromatic heterocycles. The first kappa shape index (κ1) is 17.4. The van der Waals surface area contributed by atoms with Gasteiger partial charge in [-0.15, -0.1) is 0 Å². The molecular formula is C15H15N5O3S2. The fraction of sp³-hybridized carbons (Fsp3) is 0.200. The number of aliphatic imine (C=N–C) groups is 1. The lowest BCUT2D eigenvalue weighted by molar-refractivity contribution is -0.116. The van der Waals surface area contributed by atoms with Gasteiger partial charge in [0.05, 0.1) is 16.3 Å². The van der Waals surface area contributed by atoms with E-state index in [1.54, 1.807) is 32.0 Å². The SMILES string of the molecule is Cc1cc(C)nc(NS(=O)(=O)c2ccc(N=C3NC(=O)CS3)cc2)n1. The van der Waals surface area contributed by atoms with E-state index in [4.69, 9.17) is 0 Å². The van der Waals surface area contributed by atoms with E-state index < -0.39 is 10.0 Å². The molecule has 8 nitrogen and oxygen atoms in total. The second-order valence-electron chi connectivity index (χ2n) is 5.33. The Morgan fingerprint density at radius 2 is 1.80 bits per heavy atom. The summed E-state index contributed by atoms with van der Waals surface area (Å²) < 4.78 is 27.2. The summed E-state index contributed by atoms with van der Waals surface area (Å²) in [5, 5.41) is 3.12. The largest absolute Gasteiger partial charge is 0.304 e. The minimum absolute atomic E-state index is 0.0342. The van der Waals surface area contributed by atoms with Crippen molar-refractivity contribution in [1.29, 1.82) is 0 Å². The van der Waals surface area contributed by atoms with Gasteiger partial charge in [-0.25, -0.2) is 28.1 Å². The molecule has 2 aromatic rings. The Hall–Kier alpha value is -2.46. The van der Waals surface area contributed by atoms with Gasteiger partial charge in [0.25, 0.3) is 10.0 Å². The number of nitrogens with one attached hydrogen (secondary N) is 2. The van der Waals surface area contributed by atoms with Gasteiger partial charge in [0, 0.05) is 11.4 Å². The van der Waals surface area contributed by atoms with Crippen LogP contribution in [0, 0.1) is 13.8 Å². The Morgan fingerprint density at radius 3 is 2.36 bits per heavy atom. The molecule has 0 aliphatic carbocycles. The number of benzene rings is 1. The molecule has 130 valence electrons. The van der Waals surface area contributed by atoms with Crippen LogP contribution in [0.5, 0.6) is 0 Å². The van der Waals surface area contributed by atoms with Crippen molar-refractivity contribution < 1.29 is 13.2 Å². The van der Waals surface area contributed by atoms with Gasteiger partial charge < -0.3 is 5.32 Å². The number of carbonyl (C=O) groups excluding carboxylic acids is 1. The number of thioether (sulfide) groups is 1. The summed E-state index contributed by atoms with van der Waals surface area (Å²) in [7, 11) is -3.80. The minimum Gasteiger partial charge on any atom is -0.304 e. The minimum atomic E-state index is -3.80. The predicted molar refractivity (Wildman–Crippen MR) is 96.5 cm³/mol. The maximum atomic E-state index is 12.4. The summed E-state index contributed by atoms with van der Waals surface area (Å²) in [5.74, 6) is 0.276. The van der Waals surface area contributed by atoms with Crippen LogP contribution in [-0.2, 0) is 14.8 Å². The number of nitrogens with zero attached hydrogens (tertiary/aromatic N) is 3. The van der Waals surface area contributed by atoms with Crippen LogP contribution in [0.1, 0.15) is 11.4 Å². The van der Waals surface area contributed by atoms with Gasteiger partial charge in [-0.3, -0.25) is 4.79 Å². The van der Waals surface area contributed by atoms with Crippen molar-refractivity contribution in [2.75, 3.05) is 10.5 Å². The Balaban J connectivity index is 1.79. The fourth-order valence-corrected chi connectivity index (χ4v) is 3.79. The van der Waals surface area contributed by atoms with Gasteiger partial charge in [-0.2, -0.15) is 0 Å². The van der Waals surface area contributed by atoms with E-state index in [9.17, 15) is 13.2 Å². The summed E-state index contributed by atoms with van der Waals surface area (Å²) in [6, 6.07) is 7.76. The highest BCUT2D eigenvalue weighted by Gasteiger charge is 2.18. The normalized spacial score (nSPS) is 16.1. The van der Waals surface area contributed by atoms with Crippen molar-refractivity contribution in [3.63, 3.8) is 0 Å². The predicted octanol–water partition coefficient (Wildman–Crippen LogP) is 1.74. The van der Waals surface area contributed by atoms with Gasteiger partial charge in [-0.05, 0) is 44.2 Å². The molecule has 0 radical (unpaired) electrons. The average Bonchev–Trinajstić information content (AvgIpc) is 2.91. The second kappa shape index (κ2) is 6.81. The van der Waals surface area contributed by atoms with Gasteiger partial charge in [0.2, 0.25) is 11.9 Å². The van der Waals surface area contributed by atoms with Crippen LogP contribution >= 0.6 is 11.8 Å². The van der Waals surface area contributed by atoms with Gasteiger partial charge in [-0.1, -0.05) is 11.8 Å². The van der Waals surface area contributed by atoms with Crippen LogP contribution in [0.3, 0.4) is 0 Å². The molecule has 0 spiro atoms. The van der Waals surface area contributed by atoms with E-state index >= 15 is 0 Å². The lowest BCUT2D eigenvalue weighted by Gasteiger charge is -2.08. The average molecular weight is 377 g/mol. The summed E-state index contributed by atoms with van der Waals surface area (Å²) in [5.41, 5.74) is 1.89. The monoisotopic (exact) mass is 377 g/mol. The van der Waals surface area contributed by atoms with Crippen LogP contribution in [0.25, 0.3) is 0 Å². The number of hydrogen-bond acceptors (Lipinski definition) is 7. The number of rotatable bonds is 4. The molecule has 1 fully saturated rings. The molecular weight excluding hydrogens is 362 g/mol. The molecule has 0 atom stereocenters. The molecule has 1 aliphatic heterocycles. The van der Waals surface area contributed by atoms with Crippen molar-refractivity contribution in [2.45, 2.75) is 18.7 Å². The number of amides is 1. The van der Waals surface area contributed by atoms with Crippen LogP contribution in [-0.4, -0.2) is 35.2 Å². The van der Waals surface area contributed by atoms with Gasteiger partial charge in [0.1, 0.15) is 0 Å². The van der Waals surface area contributed by atoms with E-state index in [1.807, 2.05) is 0 Å². The Kier molecular flexibility index (Phi) is 4.73. The van der Waals surface area contributed by atoms with Crippen molar-refractivity contribution in [3.8, 4) is 0 Å². The first-order valence-electron chi connectivity index (χ1n) is 7.28. The van der Waals surface area contributed by atoms with E-state index in [-0.39, 0.29) is 16.8 Å². The van der Waals surface area contributed by atoms with Crippen LogP contribution in [0.4, 0.5) is 11.6 Å². The van der Waals surface area contributed by atoms with Crippen molar-refractivity contribution >= 4 is 44.5 Å². The maximum absolute atomic E-state index is 12.4. The standard InChI is InChI=1S/C15H15N5O3S2/c1-9-7-10(2)17-14(16-9)20-25(22,23)12-5-3-11(4-6-12)18-15-19-13(21)8-24-15/h3-7H,8H2,1-2H3,(H,16,17,20)(H,18,19,21). The Labute approximate surface area is 149 Å². The second-order valence-corrected chi connectivity index (χ2v) is 7.97. The molecule has 0 saturated carbocycles. The number of hydrogen-bond donors (Lipinski definition) is 2. The molecule has 2 heterocycles. The number of carbonyl (C=O) groups is 1. The molecule has 1 aromatic carbocycles. The summed E-state index contributed by atoms with van der Waals surface area (Å²) >= 11 is 1.30. The summed E-state index contributed by atoms with van der Waals surface area (Å²) in [4.78, 5) is 23.6. The molecule has 25 heavy (non-hydrogen) atoms. The first-order chi connectivity index (χ1) is 11.8. The molecule has 10 heteroatoms. The van der Waals surface area contributed by atoms with E-state index in [0.29, 0.717) is 28.0 Å². The molecule has 0 unspecified atom stereocenters. The third-order valence-corrected chi connectivity index (χ3v) is 5.39. The molecule has 0 bridgehead atoms. The topological polar surface area (TPSA) is 113 Å². The zero-order chi connectivity index (χ0) is 18.0.